The third-order valence-electron chi connectivity index (χ3n) is 4.01. The Labute approximate surface area is 136 Å². The van der Waals surface area contributed by atoms with Crippen LogP contribution in [0.3, 0.4) is 0 Å². The predicted molar refractivity (Wildman–Crippen MR) is 87.8 cm³/mol. The maximum absolute atomic E-state index is 12.6. The summed E-state index contributed by atoms with van der Waals surface area (Å²) in [5.41, 5.74) is 1.77. The van der Waals surface area contributed by atoms with E-state index < -0.39 is 0 Å². The van der Waals surface area contributed by atoms with Crippen LogP contribution in [0, 0.1) is 0 Å². The summed E-state index contributed by atoms with van der Waals surface area (Å²) >= 11 is 3.28. The van der Waals surface area contributed by atoms with E-state index in [1.807, 2.05) is 41.8 Å². The van der Waals surface area contributed by atoms with Crippen molar-refractivity contribution in [3.63, 3.8) is 0 Å². The summed E-state index contributed by atoms with van der Waals surface area (Å²) in [5, 5.41) is 4.93. The topological polar surface area (TPSA) is 49.4 Å². The van der Waals surface area contributed by atoms with Gasteiger partial charge in [0.15, 0.2) is 0 Å². The molecule has 3 heterocycles. The summed E-state index contributed by atoms with van der Waals surface area (Å²) in [5.74, 6) is 0.563. The van der Waals surface area contributed by atoms with Gasteiger partial charge in [-0.1, -0.05) is 24.3 Å². The van der Waals surface area contributed by atoms with E-state index in [1.165, 1.54) is 0 Å². The first-order valence-corrected chi connectivity index (χ1v) is 9.02. The van der Waals surface area contributed by atoms with Crippen molar-refractivity contribution in [1.82, 2.24) is 10.2 Å². The molecule has 112 valence electrons. The highest BCUT2D eigenvalue weighted by Gasteiger charge is 2.48. The van der Waals surface area contributed by atoms with E-state index in [0.717, 1.165) is 16.0 Å². The predicted octanol–water partition coefficient (Wildman–Crippen LogP) is 2.63. The molecule has 22 heavy (non-hydrogen) atoms. The summed E-state index contributed by atoms with van der Waals surface area (Å²) < 4.78 is 0. The van der Waals surface area contributed by atoms with Crippen LogP contribution in [-0.4, -0.2) is 28.5 Å². The Bertz CT molecular complexity index is 730. The van der Waals surface area contributed by atoms with Crippen molar-refractivity contribution in [2.75, 3.05) is 5.75 Å². The van der Waals surface area contributed by atoms with Crippen molar-refractivity contribution >= 4 is 34.9 Å². The van der Waals surface area contributed by atoms with Crippen LogP contribution in [0.1, 0.15) is 26.2 Å². The van der Waals surface area contributed by atoms with Gasteiger partial charge >= 0.3 is 0 Å². The number of fused-ring (bicyclic) bond motifs is 3. The van der Waals surface area contributed by atoms with Crippen LogP contribution < -0.4 is 5.32 Å². The molecule has 0 aliphatic carbocycles. The first kappa shape index (κ1) is 13.8. The Kier molecular flexibility index (Phi) is 3.43. The maximum atomic E-state index is 12.6. The molecule has 0 radical (unpaired) electrons. The lowest BCUT2D eigenvalue weighted by molar-refractivity contribution is -0.124. The molecule has 1 aromatic heterocycles. The minimum Gasteiger partial charge on any atom is -0.349 e. The van der Waals surface area contributed by atoms with E-state index in [0.29, 0.717) is 12.3 Å². The molecule has 4 nitrogen and oxygen atoms in total. The van der Waals surface area contributed by atoms with Gasteiger partial charge in [0.2, 0.25) is 5.91 Å². The van der Waals surface area contributed by atoms with Gasteiger partial charge in [0.25, 0.3) is 5.91 Å². The highest BCUT2D eigenvalue weighted by Crippen LogP contribution is 2.47. The molecule has 0 saturated carbocycles. The van der Waals surface area contributed by atoms with Crippen molar-refractivity contribution in [1.29, 1.82) is 0 Å². The third-order valence-corrected chi connectivity index (χ3v) is 6.19. The Hall–Kier alpha value is -1.79. The van der Waals surface area contributed by atoms with Crippen molar-refractivity contribution in [2.45, 2.75) is 18.0 Å². The summed E-state index contributed by atoms with van der Waals surface area (Å²) in [6, 6.07) is 11.2. The number of amides is 2. The molecule has 0 unspecified atom stereocenters. The van der Waals surface area contributed by atoms with E-state index in [1.54, 1.807) is 28.0 Å². The van der Waals surface area contributed by atoms with Gasteiger partial charge in [0, 0.05) is 16.2 Å². The molecule has 1 aromatic carbocycles. The Morgan fingerprint density at radius 2 is 2.14 bits per heavy atom. The zero-order valence-electron chi connectivity index (χ0n) is 11.7. The lowest BCUT2D eigenvalue weighted by Gasteiger charge is -2.22. The van der Waals surface area contributed by atoms with Crippen LogP contribution >= 0.6 is 23.1 Å². The molecule has 2 aromatic rings. The molecule has 4 rings (SSSR count). The first-order chi connectivity index (χ1) is 10.8. The van der Waals surface area contributed by atoms with Gasteiger partial charge in [-0.3, -0.25) is 9.59 Å². The normalized spacial score (nSPS) is 22.5. The quantitative estimate of drug-likeness (QED) is 0.941. The van der Waals surface area contributed by atoms with E-state index in [-0.39, 0.29) is 23.2 Å². The average molecular weight is 330 g/mol. The van der Waals surface area contributed by atoms with E-state index in [2.05, 4.69) is 5.32 Å². The van der Waals surface area contributed by atoms with Crippen LogP contribution in [0.5, 0.6) is 0 Å². The van der Waals surface area contributed by atoms with Crippen molar-refractivity contribution in [3.05, 3.63) is 57.8 Å². The number of rotatable bonds is 3. The van der Waals surface area contributed by atoms with Gasteiger partial charge in [-0.2, -0.15) is 0 Å². The largest absolute Gasteiger partial charge is 0.349 e. The second-order valence-corrected chi connectivity index (χ2v) is 7.44. The molecular formula is C16H14N2O2S2. The van der Waals surface area contributed by atoms with Gasteiger partial charge < -0.3 is 10.2 Å². The minimum atomic E-state index is -0.380. The van der Waals surface area contributed by atoms with Crippen molar-refractivity contribution in [3.8, 4) is 0 Å². The van der Waals surface area contributed by atoms with Gasteiger partial charge in [-0.25, -0.2) is 0 Å². The number of thioether (sulfide) groups is 1. The Balaban J connectivity index is 1.51. The van der Waals surface area contributed by atoms with Gasteiger partial charge in [-0.05, 0) is 23.1 Å². The number of carbonyl (C=O) groups excluding carboxylic acids is 2. The molecule has 1 fully saturated rings. The summed E-state index contributed by atoms with van der Waals surface area (Å²) in [6.07, 6.45) is 0. The summed E-state index contributed by atoms with van der Waals surface area (Å²) in [7, 11) is 0. The van der Waals surface area contributed by atoms with E-state index in [9.17, 15) is 9.59 Å². The number of nitrogens with one attached hydrogen (secondary N) is 1. The first-order valence-electron chi connectivity index (χ1n) is 7.09. The second kappa shape index (κ2) is 5.44. The molecule has 1 saturated heterocycles. The summed E-state index contributed by atoms with van der Waals surface area (Å²) in [4.78, 5) is 27.9. The molecule has 2 aliphatic rings. The molecule has 2 aliphatic heterocycles. The zero-order chi connectivity index (χ0) is 15.1. The van der Waals surface area contributed by atoms with E-state index >= 15 is 0 Å². The second-order valence-electron chi connectivity index (χ2n) is 5.30. The number of hydrogen-bond donors (Lipinski definition) is 1. The maximum Gasteiger partial charge on any atom is 0.256 e. The highest BCUT2D eigenvalue weighted by atomic mass is 32.2. The number of carbonyl (C=O) groups is 2. The van der Waals surface area contributed by atoms with Crippen molar-refractivity contribution < 1.29 is 9.59 Å². The van der Waals surface area contributed by atoms with Gasteiger partial charge in [-0.15, -0.1) is 23.1 Å². The molecular weight excluding hydrogens is 316 g/mol. The molecule has 2 amide bonds. The monoisotopic (exact) mass is 330 g/mol. The van der Waals surface area contributed by atoms with E-state index in [4.69, 9.17) is 0 Å². The third kappa shape index (κ3) is 2.14. The summed E-state index contributed by atoms with van der Waals surface area (Å²) in [6.45, 7) is 0.525. The van der Waals surface area contributed by atoms with Gasteiger partial charge in [0.05, 0.1) is 6.54 Å². The number of thiophene rings is 1. The fraction of sp³-hybridized carbons (Fsp3) is 0.250. The Morgan fingerprint density at radius 3 is 2.95 bits per heavy atom. The highest BCUT2D eigenvalue weighted by molar-refractivity contribution is 7.99. The number of hydrogen-bond acceptors (Lipinski definition) is 4. The molecule has 6 heteroatoms. The minimum absolute atomic E-state index is 0.0128. The molecule has 0 spiro atoms. The lowest BCUT2D eigenvalue weighted by atomic mass is 10.1. The Morgan fingerprint density at radius 1 is 1.27 bits per heavy atom. The van der Waals surface area contributed by atoms with Crippen LogP contribution in [0.2, 0.25) is 0 Å². The standard InChI is InChI=1S/C16H14N2O2S2/c19-14(17-8-10-4-3-7-21-10)13-9-22-16-12-6-2-1-5-11(12)15(20)18(13)16/h1-7,13,16H,8-9H2,(H,17,19)/t13-,16+/m0/s1. The molecule has 0 bridgehead atoms. The number of nitrogens with zero attached hydrogens (tertiary/aromatic N) is 1. The van der Waals surface area contributed by atoms with Gasteiger partial charge in [0.1, 0.15) is 11.4 Å². The average Bonchev–Trinajstić information content (AvgIpc) is 3.25. The lowest BCUT2D eigenvalue weighted by Crippen LogP contribution is -2.45. The van der Waals surface area contributed by atoms with Crippen LogP contribution in [0.15, 0.2) is 41.8 Å². The van der Waals surface area contributed by atoms with Crippen molar-refractivity contribution in [2.24, 2.45) is 0 Å². The molecule has 1 N–H and O–H groups in total. The smallest absolute Gasteiger partial charge is 0.256 e. The van der Waals surface area contributed by atoms with Crippen LogP contribution in [-0.2, 0) is 11.3 Å². The fourth-order valence-corrected chi connectivity index (χ4v) is 5.06. The molecule has 2 atom stereocenters. The van der Waals surface area contributed by atoms with Crippen LogP contribution in [0.4, 0.5) is 0 Å². The zero-order valence-corrected chi connectivity index (χ0v) is 13.3. The SMILES string of the molecule is O=C(NCc1cccs1)[C@@H]1CS[C@@H]2c3ccccc3C(=O)N21. The fourth-order valence-electron chi connectivity index (χ4n) is 2.95. The number of benzene rings is 1. The van der Waals surface area contributed by atoms with Crippen LogP contribution in [0.25, 0.3) is 0 Å².